The van der Waals surface area contributed by atoms with E-state index in [0.29, 0.717) is 42.4 Å². The van der Waals surface area contributed by atoms with Gasteiger partial charge in [-0.05, 0) is 30.7 Å². The molecule has 25 heavy (non-hydrogen) atoms. The van der Waals surface area contributed by atoms with Gasteiger partial charge in [0, 0.05) is 42.6 Å². The third kappa shape index (κ3) is 4.63. The van der Waals surface area contributed by atoms with Gasteiger partial charge in [-0.25, -0.2) is 0 Å². The Morgan fingerprint density at radius 3 is 3.00 bits per heavy atom. The number of hydrogen-bond acceptors (Lipinski definition) is 6. The number of aryl methyl sites for hydroxylation is 1. The minimum Gasteiger partial charge on any atom is -0.497 e. The van der Waals surface area contributed by atoms with Crippen molar-refractivity contribution in [2.45, 2.75) is 19.3 Å². The van der Waals surface area contributed by atoms with E-state index in [2.05, 4.69) is 20.4 Å². The first-order valence-electron chi connectivity index (χ1n) is 7.91. The van der Waals surface area contributed by atoms with Gasteiger partial charge in [-0.15, -0.1) is 0 Å². The summed E-state index contributed by atoms with van der Waals surface area (Å²) in [6.45, 7) is 0. The maximum atomic E-state index is 12.0. The van der Waals surface area contributed by atoms with Crippen LogP contribution >= 0.6 is 0 Å². The van der Waals surface area contributed by atoms with Gasteiger partial charge in [0.25, 0.3) is 0 Å². The molecular formula is C18H18N4O3. The molecule has 128 valence electrons. The van der Waals surface area contributed by atoms with Crippen LogP contribution in [0.3, 0.4) is 0 Å². The van der Waals surface area contributed by atoms with Crippen molar-refractivity contribution < 1.29 is 14.1 Å². The number of aromatic nitrogens is 3. The molecule has 0 unspecified atom stereocenters. The standard InChI is InChI=1S/C18H18N4O3/c1-24-15-7-2-6-14(11-15)20-16(23)8-3-9-17-21-18(22-25-17)13-5-4-10-19-12-13/h2,4-7,10-12H,3,8-9H2,1H3,(H,20,23). The zero-order valence-electron chi connectivity index (χ0n) is 13.8. The van der Waals surface area contributed by atoms with Gasteiger partial charge < -0.3 is 14.6 Å². The molecular weight excluding hydrogens is 320 g/mol. The van der Waals surface area contributed by atoms with Gasteiger partial charge in [-0.2, -0.15) is 4.98 Å². The minimum atomic E-state index is -0.0692. The molecule has 0 spiro atoms. The summed E-state index contributed by atoms with van der Waals surface area (Å²) < 4.78 is 10.3. The van der Waals surface area contributed by atoms with Crippen LogP contribution in [0.4, 0.5) is 5.69 Å². The van der Waals surface area contributed by atoms with E-state index in [1.165, 1.54) is 0 Å². The maximum absolute atomic E-state index is 12.0. The molecule has 0 saturated heterocycles. The highest BCUT2D eigenvalue weighted by Crippen LogP contribution is 2.17. The van der Waals surface area contributed by atoms with Crippen molar-refractivity contribution in [2.75, 3.05) is 12.4 Å². The molecule has 0 fully saturated rings. The van der Waals surface area contributed by atoms with Crippen LogP contribution in [0, 0.1) is 0 Å². The van der Waals surface area contributed by atoms with Crippen LogP contribution in [0.15, 0.2) is 53.3 Å². The van der Waals surface area contributed by atoms with Crippen molar-refractivity contribution in [2.24, 2.45) is 0 Å². The Bertz CT molecular complexity index is 833. The normalized spacial score (nSPS) is 10.4. The fourth-order valence-corrected chi connectivity index (χ4v) is 2.29. The molecule has 1 amide bonds. The van der Waals surface area contributed by atoms with Gasteiger partial charge >= 0.3 is 0 Å². The zero-order chi connectivity index (χ0) is 17.5. The van der Waals surface area contributed by atoms with Crippen LogP contribution in [0.25, 0.3) is 11.4 Å². The molecule has 2 heterocycles. The first-order chi connectivity index (χ1) is 12.2. The second-order valence-corrected chi connectivity index (χ2v) is 5.39. The lowest BCUT2D eigenvalue weighted by Gasteiger charge is -2.06. The highest BCUT2D eigenvalue weighted by molar-refractivity contribution is 5.90. The molecule has 0 saturated carbocycles. The molecule has 0 atom stereocenters. The average molecular weight is 338 g/mol. The summed E-state index contributed by atoms with van der Waals surface area (Å²) in [6.07, 6.45) is 4.88. The van der Waals surface area contributed by atoms with Gasteiger partial charge in [0.1, 0.15) is 5.75 Å². The molecule has 0 aliphatic heterocycles. The molecule has 2 aromatic heterocycles. The van der Waals surface area contributed by atoms with Crippen LogP contribution in [0.1, 0.15) is 18.7 Å². The van der Waals surface area contributed by atoms with E-state index in [4.69, 9.17) is 9.26 Å². The molecule has 3 rings (SSSR count). The average Bonchev–Trinajstić information content (AvgIpc) is 3.11. The Balaban J connectivity index is 1.48. The van der Waals surface area contributed by atoms with Crippen molar-refractivity contribution in [1.29, 1.82) is 0 Å². The lowest BCUT2D eigenvalue weighted by molar-refractivity contribution is -0.116. The largest absolute Gasteiger partial charge is 0.497 e. The summed E-state index contributed by atoms with van der Waals surface area (Å²) in [5, 5.41) is 6.77. The van der Waals surface area contributed by atoms with Crippen LogP contribution in [-0.2, 0) is 11.2 Å². The third-order valence-corrected chi connectivity index (χ3v) is 3.54. The summed E-state index contributed by atoms with van der Waals surface area (Å²) in [7, 11) is 1.59. The van der Waals surface area contributed by atoms with Gasteiger partial charge in [-0.1, -0.05) is 11.2 Å². The number of methoxy groups -OCH3 is 1. The first-order valence-corrected chi connectivity index (χ1v) is 7.91. The minimum absolute atomic E-state index is 0.0692. The molecule has 1 N–H and O–H groups in total. The number of nitrogens with zero attached hydrogens (tertiary/aromatic N) is 3. The SMILES string of the molecule is COc1cccc(NC(=O)CCCc2nc(-c3cccnc3)no2)c1. The zero-order valence-corrected chi connectivity index (χ0v) is 13.8. The summed E-state index contributed by atoms with van der Waals surface area (Å²) in [6, 6.07) is 10.9. The summed E-state index contributed by atoms with van der Waals surface area (Å²) in [5.41, 5.74) is 1.51. The van der Waals surface area contributed by atoms with Crippen LogP contribution in [-0.4, -0.2) is 28.1 Å². The molecule has 7 nitrogen and oxygen atoms in total. The molecule has 0 radical (unpaired) electrons. The van der Waals surface area contributed by atoms with Crippen LogP contribution < -0.4 is 10.1 Å². The van der Waals surface area contributed by atoms with Crippen LogP contribution in [0.2, 0.25) is 0 Å². The molecule has 0 aliphatic carbocycles. The van der Waals surface area contributed by atoms with Crippen molar-refractivity contribution in [3.05, 3.63) is 54.7 Å². The Labute approximate surface area is 145 Å². The predicted molar refractivity (Wildman–Crippen MR) is 92.1 cm³/mol. The fourth-order valence-electron chi connectivity index (χ4n) is 2.29. The monoisotopic (exact) mass is 338 g/mol. The quantitative estimate of drug-likeness (QED) is 0.712. The topological polar surface area (TPSA) is 90.1 Å². The number of carbonyl (C=O) groups excluding carboxylic acids is 1. The highest BCUT2D eigenvalue weighted by atomic mass is 16.5. The molecule has 0 bridgehead atoms. The van der Waals surface area contributed by atoms with Crippen molar-refractivity contribution >= 4 is 11.6 Å². The Morgan fingerprint density at radius 1 is 1.28 bits per heavy atom. The highest BCUT2D eigenvalue weighted by Gasteiger charge is 2.10. The number of anilines is 1. The Hall–Kier alpha value is -3.22. The van der Waals surface area contributed by atoms with Gasteiger partial charge in [0.15, 0.2) is 0 Å². The Morgan fingerprint density at radius 2 is 2.20 bits per heavy atom. The number of benzene rings is 1. The molecule has 7 heteroatoms. The molecule has 3 aromatic rings. The molecule has 0 aliphatic rings. The number of amides is 1. The lowest BCUT2D eigenvalue weighted by atomic mass is 10.2. The molecule has 1 aromatic carbocycles. The maximum Gasteiger partial charge on any atom is 0.226 e. The van der Waals surface area contributed by atoms with E-state index in [-0.39, 0.29) is 5.91 Å². The number of nitrogens with one attached hydrogen (secondary N) is 1. The summed E-state index contributed by atoms with van der Waals surface area (Å²) in [5.74, 6) is 1.64. The summed E-state index contributed by atoms with van der Waals surface area (Å²) in [4.78, 5) is 20.3. The fraction of sp³-hybridized carbons (Fsp3) is 0.222. The van der Waals surface area contributed by atoms with E-state index >= 15 is 0 Å². The van der Waals surface area contributed by atoms with Crippen molar-refractivity contribution in [1.82, 2.24) is 15.1 Å². The smallest absolute Gasteiger partial charge is 0.226 e. The second-order valence-electron chi connectivity index (χ2n) is 5.39. The van der Waals surface area contributed by atoms with Gasteiger partial charge in [0.2, 0.25) is 17.6 Å². The van der Waals surface area contributed by atoms with Crippen LogP contribution in [0.5, 0.6) is 5.75 Å². The first kappa shape index (κ1) is 16.6. The van der Waals surface area contributed by atoms with E-state index in [9.17, 15) is 4.79 Å². The number of rotatable bonds is 7. The second kappa shape index (κ2) is 8.05. The number of ether oxygens (including phenoxy) is 1. The summed E-state index contributed by atoms with van der Waals surface area (Å²) >= 11 is 0. The van der Waals surface area contributed by atoms with E-state index in [0.717, 1.165) is 5.56 Å². The van der Waals surface area contributed by atoms with Crippen molar-refractivity contribution in [3.8, 4) is 17.1 Å². The van der Waals surface area contributed by atoms with E-state index < -0.39 is 0 Å². The Kier molecular flexibility index (Phi) is 5.36. The van der Waals surface area contributed by atoms with Crippen molar-refractivity contribution in [3.63, 3.8) is 0 Å². The number of carbonyl (C=O) groups is 1. The lowest BCUT2D eigenvalue weighted by Crippen LogP contribution is -2.11. The third-order valence-electron chi connectivity index (χ3n) is 3.54. The number of hydrogen-bond donors (Lipinski definition) is 1. The van der Waals surface area contributed by atoms with E-state index in [1.807, 2.05) is 30.3 Å². The van der Waals surface area contributed by atoms with E-state index in [1.54, 1.807) is 25.6 Å². The van der Waals surface area contributed by atoms with Gasteiger partial charge in [-0.3, -0.25) is 9.78 Å². The number of pyridine rings is 1. The predicted octanol–water partition coefficient (Wildman–Crippen LogP) is 3.10. The van der Waals surface area contributed by atoms with Gasteiger partial charge in [0.05, 0.1) is 7.11 Å².